The van der Waals surface area contributed by atoms with E-state index in [4.69, 9.17) is 19.0 Å². The number of fused-ring (bicyclic) bond motifs is 3. The van der Waals surface area contributed by atoms with Crippen LogP contribution in [0.15, 0.2) is 15.3 Å². The van der Waals surface area contributed by atoms with E-state index < -0.39 is 5.63 Å². The summed E-state index contributed by atoms with van der Waals surface area (Å²) in [5.74, 6) is 1.34. The van der Waals surface area contributed by atoms with Gasteiger partial charge in [-0.25, -0.2) is 4.79 Å². The minimum absolute atomic E-state index is 0.0329. The van der Waals surface area contributed by atoms with Crippen LogP contribution < -0.4 is 15.1 Å². The fraction of sp³-hybridized carbons (Fsp3) is 0.600. The Morgan fingerprint density at radius 3 is 2.64 bits per heavy atom. The van der Waals surface area contributed by atoms with Crippen molar-refractivity contribution in [1.82, 2.24) is 9.80 Å². The Morgan fingerprint density at radius 1 is 1.24 bits per heavy atom. The van der Waals surface area contributed by atoms with Gasteiger partial charge in [0.15, 0.2) is 0 Å². The maximum absolute atomic E-state index is 13.0. The molecule has 1 aromatic carbocycles. The van der Waals surface area contributed by atoms with Gasteiger partial charge in [-0.3, -0.25) is 9.69 Å². The summed E-state index contributed by atoms with van der Waals surface area (Å²) in [6, 6.07) is 1.88. The summed E-state index contributed by atoms with van der Waals surface area (Å²) in [6.07, 6.45) is 2.16. The quantitative estimate of drug-likeness (QED) is 0.664. The van der Waals surface area contributed by atoms with Crippen LogP contribution in [0, 0.1) is 6.92 Å². The number of benzene rings is 1. The van der Waals surface area contributed by atoms with Crippen molar-refractivity contribution in [3.63, 3.8) is 0 Å². The number of carbonyl (C=O) groups excluding carboxylic acids is 1. The van der Waals surface area contributed by atoms with Crippen LogP contribution in [0.1, 0.15) is 43.4 Å². The molecule has 1 N–H and O–H groups in total. The second-order valence-corrected chi connectivity index (χ2v) is 9.56. The molecule has 0 aliphatic carbocycles. The molecule has 0 radical (unpaired) electrons. The third-order valence-electron chi connectivity index (χ3n) is 6.89. The largest absolute Gasteiger partial charge is 0.496 e. The summed E-state index contributed by atoms with van der Waals surface area (Å²) >= 11 is 0. The SMILES string of the molecule is COc1cc2c(c3oc(=O)c(CCC(=O)N4CCN(CCO)CC4)c(C)c13)CCC(C)(C)O2. The summed E-state index contributed by atoms with van der Waals surface area (Å²) < 4.78 is 17.6. The number of β-amino-alcohol motifs (C(OH)–C–C–N with tert-alkyl or cyclic N) is 1. The monoisotopic (exact) mass is 458 g/mol. The first kappa shape index (κ1) is 23.6. The Balaban J connectivity index is 1.58. The molecular weight excluding hydrogens is 424 g/mol. The van der Waals surface area contributed by atoms with Crippen LogP contribution in [0.5, 0.6) is 11.5 Å². The fourth-order valence-corrected chi connectivity index (χ4v) is 4.88. The Hall–Kier alpha value is -2.58. The summed E-state index contributed by atoms with van der Waals surface area (Å²) in [4.78, 5) is 29.7. The third-order valence-corrected chi connectivity index (χ3v) is 6.89. The van der Waals surface area contributed by atoms with Crippen LogP contribution in [-0.4, -0.2) is 72.9 Å². The minimum atomic E-state index is -0.402. The van der Waals surface area contributed by atoms with Crippen molar-refractivity contribution in [3.05, 3.63) is 33.2 Å². The van der Waals surface area contributed by atoms with Crippen molar-refractivity contribution < 1.29 is 23.8 Å². The molecular formula is C25H34N2O6. The van der Waals surface area contributed by atoms with Gasteiger partial charge in [-0.05, 0) is 45.6 Å². The van der Waals surface area contributed by atoms with Gasteiger partial charge in [0.1, 0.15) is 22.7 Å². The van der Waals surface area contributed by atoms with Crippen LogP contribution >= 0.6 is 0 Å². The van der Waals surface area contributed by atoms with Crippen molar-refractivity contribution in [2.75, 3.05) is 46.4 Å². The molecule has 3 heterocycles. The molecule has 0 spiro atoms. The predicted octanol–water partition coefficient (Wildman–Crippen LogP) is 2.28. The molecule has 1 saturated heterocycles. The number of aryl methyl sites for hydroxylation is 2. The van der Waals surface area contributed by atoms with Crippen molar-refractivity contribution in [1.29, 1.82) is 0 Å². The molecule has 33 heavy (non-hydrogen) atoms. The van der Waals surface area contributed by atoms with Crippen LogP contribution in [0.2, 0.25) is 0 Å². The maximum Gasteiger partial charge on any atom is 0.339 e. The van der Waals surface area contributed by atoms with E-state index in [1.807, 2.05) is 31.7 Å². The lowest BCUT2D eigenvalue weighted by molar-refractivity contribution is -0.132. The minimum Gasteiger partial charge on any atom is -0.496 e. The number of amides is 1. The number of piperazine rings is 1. The summed E-state index contributed by atoms with van der Waals surface area (Å²) in [5.41, 5.74) is 2.05. The van der Waals surface area contributed by atoms with E-state index in [2.05, 4.69) is 4.90 Å². The zero-order chi connectivity index (χ0) is 23.8. The van der Waals surface area contributed by atoms with E-state index in [1.54, 1.807) is 7.11 Å². The van der Waals surface area contributed by atoms with Crippen molar-refractivity contribution in [2.45, 2.75) is 52.1 Å². The second kappa shape index (κ2) is 9.35. The number of methoxy groups -OCH3 is 1. The van der Waals surface area contributed by atoms with Crippen LogP contribution in [-0.2, 0) is 17.6 Å². The van der Waals surface area contributed by atoms with Gasteiger partial charge in [-0.1, -0.05) is 0 Å². The molecule has 1 fully saturated rings. The lowest BCUT2D eigenvalue weighted by Gasteiger charge is -2.34. The number of nitrogens with zero attached hydrogens (tertiary/aromatic N) is 2. The Morgan fingerprint density at radius 2 is 1.97 bits per heavy atom. The first-order valence-corrected chi connectivity index (χ1v) is 11.7. The molecule has 8 heteroatoms. The molecule has 180 valence electrons. The molecule has 0 atom stereocenters. The van der Waals surface area contributed by atoms with E-state index in [0.717, 1.165) is 42.4 Å². The normalized spacial score (nSPS) is 18.2. The van der Waals surface area contributed by atoms with Crippen LogP contribution in [0.3, 0.4) is 0 Å². The van der Waals surface area contributed by atoms with Gasteiger partial charge in [-0.15, -0.1) is 0 Å². The topological polar surface area (TPSA) is 92.5 Å². The molecule has 2 aliphatic heterocycles. The third kappa shape index (κ3) is 4.73. The fourth-order valence-electron chi connectivity index (χ4n) is 4.88. The van der Waals surface area contributed by atoms with Gasteiger partial charge in [0.2, 0.25) is 5.91 Å². The predicted molar refractivity (Wildman–Crippen MR) is 125 cm³/mol. The Bertz CT molecular complexity index is 1100. The number of hydrogen-bond donors (Lipinski definition) is 1. The van der Waals surface area contributed by atoms with Gasteiger partial charge < -0.3 is 23.9 Å². The zero-order valence-electron chi connectivity index (χ0n) is 20.0. The van der Waals surface area contributed by atoms with E-state index in [-0.39, 0.29) is 24.5 Å². The molecule has 0 saturated carbocycles. The maximum atomic E-state index is 13.0. The highest BCUT2D eigenvalue weighted by atomic mass is 16.5. The van der Waals surface area contributed by atoms with Gasteiger partial charge in [0.25, 0.3) is 0 Å². The van der Waals surface area contributed by atoms with Gasteiger partial charge in [0, 0.05) is 56.3 Å². The lowest BCUT2D eigenvalue weighted by atomic mass is 9.91. The summed E-state index contributed by atoms with van der Waals surface area (Å²) in [7, 11) is 1.60. The highest BCUT2D eigenvalue weighted by Crippen LogP contribution is 2.43. The van der Waals surface area contributed by atoms with E-state index in [1.165, 1.54) is 0 Å². The molecule has 1 aromatic heterocycles. The summed E-state index contributed by atoms with van der Waals surface area (Å²) in [6.45, 7) is 9.53. The number of aliphatic hydroxyl groups is 1. The molecule has 4 rings (SSSR count). The molecule has 2 aromatic rings. The Labute approximate surface area is 194 Å². The number of hydrogen-bond acceptors (Lipinski definition) is 7. The number of aliphatic hydroxyl groups excluding tert-OH is 1. The number of ether oxygens (including phenoxy) is 2. The van der Waals surface area contributed by atoms with Crippen LogP contribution in [0.4, 0.5) is 0 Å². The lowest BCUT2D eigenvalue weighted by Crippen LogP contribution is -2.49. The Kier molecular flexibility index (Phi) is 6.68. The number of rotatable bonds is 6. The van der Waals surface area contributed by atoms with E-state index in [0.29, 0.717) is 48.7 Å². The molecule has 8 nitrogen and oxygen atoms in total. The smallest absolute Gasteiger partial charge is 0.339 e. The molecule has 0 bridgehead atoms. The molecule has 0 unspecified atom stereocenters. The van der Waals surface area contributed by atoms with Crippen molar-refractivity contribution in [2.24, 2.45) is 0 Å². The molecule has 2 aliphatic rings. The highest BCUT2D eigenvalue weighted by molar-refractivity contribution is 5.92. The zero-order valence-corrected chi connectivity index (χ0v) is 20.0. The van der Waals surface area contributed by atoms with Gasteiger partial charge in [-0.2, -0.15) is 0 Å². The number of carbonyl (C=O) groups is 1. The molecule has 1 amide bonds. The van der Waals surface area contributed by atoms with E-state index in [9.17, 15) is 9.59 Å². The van der Waals surface area contributed by atoms with E-state index >= 15 is 0 Å². The average Bonchev–Trinajstić information content (AvgIpc) is 2.77. The first-order chi connectivity index (χ1) is 15.7. The highest BCUT2D eigenvalue weighted by Gasteiger charge is 2.31. The first-order valence-electron chi connectivity index (χ1n) is 11.7. The van der Waals surface area contributed by atoms with Crippen molar-refractivity contribution >= 4 is 16.9 Å². The second-order valence-electron chi connectivity index (χ2n) is 9.56. The van der Waals surface area contributed by atoms with Gasteiger partial charge in [0.05, 0.1) is 19.1 Å². The van der Waals surface area contributed by atoms with Crippen LogP contribution in [0.25, 0.3) is 11.0 Å². The average molecular weight is 459 g/mol. The van der Waals surface area contributed by atoms with Crippen molar-refractivity contribution in [3.8, 4) is 11.5 Å². The van der Waals surface area contributed by atoms with Gasteiger partial charge >= 0.3 is 5.63 Å². The standard InChI is InChI=1S/C25H34N2O6/c1-16-17(5-6-21(29)27-11-9-26(10-12-27)13-14-28)24(30)32-23-18-7-8-25(2,3)33-19(18)15-20(31-4)22(16)23/h15,28H,5-14H2,1-4H3. The summed E-state index contributed by atoms with van der Waals surface area (Å²) in [5, 5.41) is 9.86.